The highest BCUT2D eigenvalue weighted by atomic mass is 35.5. The van der Waals surface area contributed by atoms with Crippen molar-refractivity contribution in [2.75, 3.05) is 13.7 Å². The van der Waals surface area contributed by atoms with Gasteiger partial charge in [-0.1, -0.05) is 29.8 Å². The maximum absolute atomic E-state index is 10.2. The Morgan fingerprint density at radius 2 is 1.96 bits per heavy atom. The van der Waals surface area contributed by atoms with Gasteiger partial charge in [-0.3, -0.25) is 0 Å². The summed E-state index contributed by atoms with van der Waals surface area (Å²) >= 11 is 6.46. The van der Waals surface area contributed by atoms with Gasteiger partial charge in [-0.05, 0) is 62.1 Å². The molecule has 0 spiro atoms. The quantitative estimate of drug-likeness (QED) is 0.777. The highest BCUT2D eigenvalue weighted by Crippen LogP contribution is 2.39. The fourth-order valence-electron chi connectivity index (χ4n) is 3.67. The van der Waals surface area contributed by atoms with E-state index in [0.29, 0.717) is 30.9 Å². The summed E-state index contributed by atoms with van der Waals surface area (Å²) in [6, 6.07) is 13.8. The molecule has 0 saturated carbocycles. The Morgan fingerprint density at radius 1 is 1.22 bits per heavy atom. The molecule has 3 atom stereocenters. The molecule has 27 heavy (non-hydrogen) atoms. The van der Waals surface area contributed by atoms with Crippen molar-refractivity contribution in [2.24, 2.45) is 0 Å². The van der Waals surface area contributed by atoms with Gasteiger partial charge < -0.3 is 19.3 Å². The van der Waals surface area contributed by atoms with Crippen molar-refractivity contribution in [3.63, 3.8) is 0 Å². The zero-order chi connectivity index (χ0) is 19.4. The summed E-state index contributed by atoms with van der Waals surface area (Å²) in [6.07, 6.45) is 1.16. The smallest absolute Gasteiger partial charge is 0.197 e. The van der Waals surface area contributed by atoms with E-state index in [0.717, 1.165) is 22.4 Å². The molecule has 4 nitrogen and oxygen atoms in total. The van der Waals surface area contributed by atoms with Crippen molar-refractivity contribution in [3.05, 3.63) is 64.2 Å². The monoisotopic (exact) mass is 390 g/mol. The predicted molar refractivity (Wildman–Crippen MR) is 106 cm³/mol. The first-order valence-electron chi connectivity index (χ1n) is 9.37. The third-order valence-electron chi connectivity index (χ3n) is 4.94. The third kappa shape index (κ3) is 4.64. The molecule has 1 aliphatic heterocycles. The largest absolute Gasteiger partial charge is 0.494 e. The van der Waals surface area contributed by atoms with Crippen LogP contribution in [0.25, 0.3) is 0 Å². The number of hydrogen-bond acceptors (Lipinski definition) is 4. The number of hydrogen-bond donors (Lipinski definition) is 1. The van der Waals surface area contributed by atoms with Gasteiger partial charge >= 0.3 is 0 Å². The van der Waals surface area contributed by atoms with Crippen LogP contribution in [0.15, 0.2) is 42.5 Å². The van der Waals surface area contributed by atoms with Crippen LogP contribution in [-0.4, -0.2) is 31.0 Å². The van der Waals surface area contributed by atoms with E-state index in [1.807, 2.05) is 56.3 Å². The number of halogens is 1. The van der Waals surface area contributed by atoms with Crippen molar-refractivity contribution >= 4 is 11.6 Å². The SMILES string of the molecule is CCOc1ccc(Cc2cc(C3(OC)CC(O)CC(C)O3)ccc2Cl)cc1. The Kier molecular flexibility index (Phi) is 6.43. The summed E-state index contributed by atoms with van der Waals surface area (Å²) in [7, 11) is 1.62. The molecule has 1 aliphatic rings. The number of ether oxygens (including phenoxy) is 3. The van der Waals surface area contributed by atoms with Crippen LogP contribution in [0.5, 0.6) is 5.75 Å². The second-order valence-electron chi connectivity index (χ2n) is 7.04. The van der Waals surface area contributed by atoms with Crippen LogP contribution >= 0.6 is 11.6 Å². The Hall–Kier alpha value is -1.59. The van der Waals surface area contributed by atoms with Crippen LogP contribution in [0, 0.1) is 0 Å². The molecule has 0 amide bonds. The first kappa shape index (κ1) is 20.2. The van der Waals surface area contributed by atoms with Crippen LogP contribution in [0.3, 0.4) is 0 Å². The number of benzene rings is 2. The van der Waals surface area contributed by atoms with Gasteiger partial charge in [-0.25, -0.2) is 0 Å². The van der Waals surface area contributed by atoms with Crippen LogP contribution < -0.4 is 4.74 Å². The van der Waals surface area contributed by atoms with Crippen molar-refractivity contribution in [2.45, 2.75) is 51.1 Å². The van der Waals surface area contributed by atoms with E-state index in [1.54, 1.807) is 7.11 Å². The van der Waals surface area contributed by atoms with Crippen LogP contribution in [0.1, 0.15) is 43.4 Å². The highest BCUT2D eigenvalue weighted by Gasteiger charge is 2.42. The standard InChI is InChI=1S/C22H27ClO4/c1-4-26-20-8-5-16(6-9-20)12-17-13-18(7-10-21(17)23)22(25-3)14-19(24)11-15(2)27-22/h5-10,13,15,19,24H,4,11-12,14H2,1-3H3. The average molecular weight is 391 g/mol. The number of aliphatic hydroxyl groups excluding tert-OH is 1. The lowest BCUT2D eigenvalue weighted by atomic mass is 9.91. The molecule has 1 N–H and O–H groups in total. The summed E-state index contributed by atoms with van der Waals surface area (Å²) in [6.45, 7) is 4.57. The Morgan fingerprint density at radius 3 is 2.59 bits per heavy atom. The summed E-state index contributed by atoms with van der Waals surface area (Å²) in [5.41, 5.74) is 3.01. The normalized spacial score (nSPS) is 25.4. The lowest BCUT2D eigenvalue weighted by Gasteiger charge is -2.41. The van der Waals surface area contributed by atoms with Gasteiger partial charge in [0.05, 0.1) is 18.8 Å². The maximum Gasteiger partial charge on any atom is 0.197 e. The van der Waals surface area contributed by atoms with E-state index in [1.165, 1.54) is 0 Å². The minimum Gasteiger partial charge on any atom is -0.494 e. The molecule has 3 rings (SSSR count). The number of rotatable bonds is 6. The third-order valence-corrected chi connectivity index (χ3v) is 5.31. The average Bonchev–Trinajstić information content (AvgIpc) is 2.64. The molecular weight excluding hydrogens is 364 g/mol. The van der Waals surface area contributed by atoms with Crippen LogP contribution in [-0.2, 0) is 21.7 Å². The van der Waals surface area contributed by atoms with Gasteiger partial charge in [0.15, 0.2) is 5.79 Å². The minimum absolute atomic E-state index is 0.0843. The van der Waals surface area contributed by atoms with Crippen LogP contribution in [0.2, 0.25) is 5.02 Å². The zero-order valence-corrected chi connectivity index (χ0v) is 16.8. The molecule has 0 aromatic heterocycles. The molecule has 5 heteroatoms. The van der Waals surface area contributed by atoms with Gasteiger partial charge in [0.1, 0.15) is 5.75 Å². The van der Waals surface area contributed by atoms with Gasteiger partial charge in [-0.2, -0.15) is 0 Å². The van der Waals surface area contributed by atoms with E-state index in [9.17, 15) is 5.11 Å². The predicted octanol–water partition coefficient (Wildman–Crippen LogP) is 4.69. The van der Waals surface area contributed by atoms with Crippen molar-refractivity contribution < 1.29 is 19.3 Å². The van der Waals surface area contributed by atoms with Crippen molar-refractivity contribution in [1.29, 1.82) is 0 Å². The minimum atomic E-state index is -0.949. The summed E-state index contributed by atoms with van der Waals surface area (Å²) in [5.74, 6) is -0.0899. The van der Waals surface area contributed by atoms with E-state index in [4.69, 9.17) is 25.8 Å². The highest BCUT2D eigenvalue weighted by molar-refractivity contribution is 6.31. The first-order chi connectivity index (χ1) is 13.0. The molecular formula is C22H27ClO4. The van der Waals surface area contributed by atoms with E-state index in [-0.39, 0.29) is 6.10 Å². The Bertz CT molecular complexity index is 749. The second kappa shape index (κ2) is 8.61. The maximum atomic E-state index is 10.2. The molecule has 1 heterocycles. The molecule has 3 unspecified atom stereocenters. The van der Waals surface area contributed by atoms with Crippen LogP contribution in [0.4, 0.5) is 0 Å². The molecule has 0 bridgehead atoms. The van der Waals surface area contributed by atoms with E-state index in [2.05, 4.69) is 0 Å². The summed E-state index contributed by atoms with van der Waals surface area (Å²) in [5, 5.41) is 10.9. The molecule has 0 radical (unpaired) electrons. The van der Waals surface area contributed by atoms with Crippen molar-refractivity contribution in [1.82, 2.24) is 0 Å². The number of aliphatic hydroxyl groups is 1. The second-order valence-corrected chi connectivity index (χ2v) is 7.45. The van der Waals surface area contributed by atoms with E-state index >= 15 is 0 Å². The van der Waals surface area contributed by atoms with Gasteiger partial charge in [0.25, 0.3) is 0 Å². The molecule has 1 fully saturated rings. The topological polar surface area (TPSA) is 47.9 Å². The molecule has 146 valence electrons. The van der Waals surface area contributed by atoms with E-state index < -0.39 is 11.9 Å². The van der Waals surface area contributed by atoms with Gasteiger partial charge in [0.2, 0.25) is 0 Å². The Balaban J connectivity index is 1.87. The lowest BCUT2D eigenvalue weighted by Crippen LogP contribution is -2.44. The fraction of sp³-hybridized carbons (Fsp3) is 0.455. The number of methoxy groups -OCH3 is 1. The Labute approximate surface area is 166 Å². The lowest BCUT2D eigenvalue weighted by molar-refractivity contribution is -0.291. The van der Waals surface area contributed by atoms with Gasteiger partial charge in [0, 0.05) is 24.1 Å². The molecule has 2 aromatic rings. The zero-order valence-electron chi connectivity index (χ0n) is 16.1. The van der Waals surface area contributed by atoms with Crippen molar-refractivity contribution in [3.8, 4) is 5.75 Å². The van der Waals surface area contributed by atoms with Gasteiger partial charge in [-0.15, -0.1) is 0 Å². The fourth-order valence-corrected chi connectivity index (χ4v) is 3.85. The molecule has 1 saturated heterocycles. The molecule has 0 aliphatic carbocycles. The first-order valence-corrected chi connectivity index (χ1v) is 9.75. The summed E-state index contributed by atoms with van der Waals surface area (Å²) in [4.78, 5) is 0. The molecule has 2 aromatic carbocycles. The summed E-state index contributed by atoms with van der Waals surface area (Å²) < 4.78 is 17.4.